The molecule has 0 aliphatic carbocycles. The number of pyridine rings is 1. The Balaban J connectivity index is 1.80. The molecule has 0 fully saturated rings. The van der Waals surface area contributed by atoms with Gasteiger partial charge in [-0.05, 0) is 48.5 Å². The van der Waals surface area contributed by atoms with Crippen molar-refractivity contribution in [3.05, 3.63) is 64.1 Å². The molecule has 4 rings (SSSR count). The number of aromatic nitrogens is 2. The maximum atomic E-state index is 12.9. The topological polar surface area (TPSA) is 21.1 Å². The molecule has 27 heavy (non-hydrogen) atoms. The van der Waals surface area contributed by atoms with Crippen molar-refractivity contribution in [1.82, 2.24) is 14.5 Å². The minimum Gasteiger partial charge on any atom is -0.320 e. The molecule has 0 amide bonds. The quantitative estimate of drug-likeness (QED) is 0.589. The summed E-state index contributed by atoms with van der Waals surface area (Å²) >= 11 is 6.18. The lowest BCUT2D eigenvalue weighted by molar-refractivity contribution is -0.137. The fourth-order valence-electron chi connectivity index (χ4n) is 3.53. The Bertz CT molecular complexity index is 1040. The van der Waals surface area contributed by atoms with Crippen LogP contribution in [0.5, 0.6) is 0 Å². The molecule has 0 N–H and O–H groups in total. The third-order valence-electron chi connectivity index (χ3n) is 4.84. The molecule has 3 aromatic rings. The van der Waals surface area contributed by atoms with Crippen molar-refractivity contribution in [2.45, 2.75) is 19.1 Å². The number of halogens is 4. The van der Waals surface area contributed by atoms with E-state index in [2.05, 4.69) is 16.9 Å². The number of hydrogen-bond acceptors (Lipinski definition) is 2. The van der Waals surface area contributed by atoms with Gasteiger partial charge in [0.2, 0.25) is 0 Å². The van der Waals surface area contributed by atoms with Gasteiger partial charge in [0.25, 0.3) is 0 Å². The normalized spacial score (nSPS) is 15.6. The molecule has 0 spiro atoms. The third-order valence-corrected chi connectivity index (χ3v) is 5.08. The first-order valence-electron chi connectivity index (χ1n) is 8.53. The molecular weight excluding hydrogens is 375 g/mol. The van der Waals surface area contributed by atoms with E-state index < -0.39 is 11.7 Å². The Morgan fingerprint density at radius 2 is 2.00 bits per heavy atom. The molecule has 7 heteroatoms. The highest BCUT2D eigenvalue weighted by molar-refractivity contribution is 6.31. The fraction of sp³-hybridized carbons (Fsp3) is 0.250. The van der Waals surface area contributed by atoms with Crippen molar-refractivity contribution in [2.24, 2.45) is 0 Å². The summed E-state index contributed by atoms with van der Waals surface area (Å²) in [6.45, 7) is 1.74. The van der Waals surface area contributed by atoms with Crippen LogP contribution in [0.3, 0.4) is 0 Å². The molecule has 1 aliphatic heterocycles. The number of hydrogen-bond donors (Lipinski definition) is 0. The lowest BCUT2D eigenvalue weighted by Crippen LogP contribution is -2.26. The Labute approximate surface area is 159 Å². The van der Waals surface area contributed by atoms with Crippen LogP contribution in [0.15, 0.2) is 36.7 Å². The Kier molecular flexibility index (Phi) is 4.48. The maximum absolute atomic E-state index is 12.9. The molecule has 0 bridgehead atoms. The number of alkyl halides is 3. The highest BCUT2D eigenvalue weighted by atomic mass is 35.5. The van der Waals surface area contributed by atoms with Gasteiger partial charge in [0.15, 0.2) is 0 Å². The average Bonchev–Trinajstić information content (AvgIpc) is 2.92. The van der Waals surface area contributed by atoms with Gasteiger partial charge < -0.3 is 9.47 Å². The van der Waals surface area contributed by atoms with E-state index >= 15 is 0 Å². The van der Waals surface area contributed by atoms with E-state index in [1.165, 1.54) is 17.5 Å². The lowest BCUT2D eigenvalue weighted by atomic mass is 10.1. The second kappa shape index (κ2) is 6.69. The van der Waals surface area contributed by atoms with Gasteiger partial charge in [-0.3, -0.25) is 4.98 Å². The molecule has 3 heterocycles. The summed E-state index contributed by atoms with van der Waals surface area (Å²) in [4.78, 5) is 5.96. The molecule has 0 unspecified atom stereocenters. The molecule has 0 saturated heterocycles. The first kappa shape index (κ1) is 18.1. The van der Waals surface area contributed by atoms with Gasteiger partial charge >= 0.3 is 6.18 Å². The van der Waals surface area contributed by atoms with Crippen molar-refractivity contribution in [3.63, 3.8) is 0 Å². The van der Waals surface area contributed by atoms with Gasteiger partial charge in [0, 0.05) is 54.2 Å². The van der Waals surface area contributed by atoms with Crippen molar-refractivity contribution in [2.75, 3.05) is 13.6 Å². The van der Waals surface area contributed by atoms with E-state index in [-0.39, 0.29) is 0 Å². The van der Waals surface area contributed by atoms with Crippen LogP contribution in [0.25, 0.3) is 23.2 Å². The number of rotatable bonds is 2. The summed E-state index contributed by atoms with van der Waals surface area (Å²) in [5.41, 5.74) is 3.03. The number of likely N-dealkylation sites (N-methyl/N-ethyl adjacent to an activating group) is 1. The van der Waals surface area contributed by atoms with Gasteiger partial charge in [0.05, 0.1) is 11.1 Å². The van der Waals surface area contributed by atoms with Crippen LogP contribution in [0.1, 0.15) is 22.4 Å². The van der Waals surface area contributed by atoms with Gasteiger partial charge in [-0.2, -0.15) is 13.2 Å². The predicted octanol–water partition coefficient (Wildman–Crippen LogP) is 5.32. The zero-order valence-electron chi connectivity index (χ0n) is 14.6. The Morgan fingerprint density at radius 3 is 2.78 bits per heavy atom. The summed E-state index contributed by atoms with van der Waals surface area (Å²) in [5, 5.41) is 1.75. The van der Waals surface area contributed by atoms with Crippen LogP contribution in [-0.4, -0.2) is 28.0 Å². The smallest absolute Gasteiger partial charge is 0.320 e. The molecule has 1 aliphatic rings. The van der Waals surface area contributed by atoms with Crippen LogP contribution < -0.4 is 0 Å². The van der Waals surface area contributed by atoms with Crippen LogP contribution >= 0.6 is 11.6 Å². The SMILES string of the molecule is CN1CCc2c(c3cc(Cl)ccc3n2/C=C/c2cncc(C(F)(F)F)c2)C1. The fourth-order valence-corrected chi connectivity index (χ4v) is 3.71. The van der Waals surface area contributed by atoms with E-state index in [4.69, 9.17) is 11.6 Å². The van der Waals surface area contributed by atoms with Crippen molar-refractivity contribution in [1.29, 1.82) is 0 Å². The van der Waals surface area contributed by atoms with Gasteiger partial charge in [0.1, 0.15) is 0 Å². The summed E-state index contributed by atoms with van der Waals surface area (Å²) in [6, 6.07) is 6.83. The van der Waals surface area contributed by atoms with E-state index in [0.29, 0.717) is 10.6 Å². The van der Waals surface area contributed by atoms with Crippen molar-refractivity contribution < 1.29 is 13.2 Å². The predicted molar refractivity (Wildman–Crippen MR) is 101 cm³/mol. The first-order chi connectivity index (χ1) is 12.8. The highest BCUT2D eigenvalue weighted by Gasteiger charge is 2.30. The minimum atomic E-state index is -4.41. The van der Waals surface area contributed by atoms with Crippen LogP contribution in [0, 0.1) is 0 Å². The largest absolute Gasteiger partial charge is 0.417 e. The molecule has 0 radical (unpaired) electrons. The average molecular weight is 392 g/mol. The van der Waals surface area contributed by atoms with E-state index in [1.807, 2.05) is 29.0 Å². The summed E-state index contributed by atoms with van der Waals surface area (Å²) in [7, 11) is 2.07. The Morgan fingerprint density at radius 1 is 1.19 bits per heavy atom. The molecule has 3 nitrogen and oxygen atoms in total. The molecular formula is C20H17ClF3N3. The van der Waals surface area contributed by atoms with Crippen molar-refractivity contribution >= 4 is 34.8 Å². The van der Waals surface area contributed by atoms with Crippen LogP contribution in [0.2, 0.25) is 5.02 Å². The standard InChI is InChI=1S/C20H17ClF3N3/c1-26-6-5-19-17(12-26)16-9-15(21)2-3-18(16)27(19)7-4-13-8-14(11-25-10-13)20(22,23)24/h2-4,7-11H,5-6,12H2,1H3/b7-4+. The highest BCUT2D eigenvalue weighted by Crippen LogP contribution is 2.33. The monoisotopic (exact) mass is 391 g/mol. The third kappa shape index (κ3) is 3.47. The molecule has 2 aromatic heterocycles. The molecule has 140 valence electrons. The molecule has 0 saturated carbocycles. The summed E-state index contributed by atoms with van der Waals surface area (Å²) < 4.78 is 40.8. The van der Waals surface area contributed by atoms with Crippen LogP contribution in [-0.2, 0) is 19.1 Å². The minimum absolute atomic E-state index is 0.405. The summed E-state index contributed by atoms with van der Waals surface area (Å²) in [6.07, 6.45) is 2.20. The van der Waals surface area contributed by atoms with Gasteiger partial charge in [-0.15, -0.1) is 0 Å². The number of nitrogens with zero attached hydrogens (tertiary/aromatic N) is 3. The Hall–Kier alpha value is -2.31. The second-order valence-corrected chi connectivity index (χ2v) is 7.20. The maximum Gasteiger partial charge on any atom is 0.417 e. The van der Waals surface area contributed by atoms with E-state index in [1.54, 1.807) is 6.08 Å². The van der Waals surface area contributed by atoms with E-state index in [9.17, 15) is 13.2 Å². The molecule has 1 aromatic carbocycles. The summed E-state index contributed by atoms with van der Waals surface area (Å²) in [5.74, 6) is 0. The zero-order valence-corrected chi connectivity index (χ0v) is 15.3. The van der Waals surface area contributed by atoms with Gasteiger partial charge in [-0.1, -0.05) is 11.6 Å². The van der Waals surface area contributed by atoms with E-state index in [0.717, 1.165) is 42.7 Å². The molecule has 0 atom stereocenters. The second-order valence-electron chi connectivity index (χ2n) is 6.76. The van der Waals surface area contributed by atoms with Crippen LogP contribution in [0.4, 0.5) is 13.2 Å². The zero-order chi connectivity index (χ0) is 19.2. The van der Waals surface area contributed by atoms with Gasteiger partial charge in [-0.25, -0.2) is 0 Å². The number of benzene rings is 1. The lowest BCUT2D eigenvalue weighted by Gasteiger charge is -2.23. The first-order valence-corrected chi connectivity index (χ1v) is 8.91. The number of fused-ring (bicyclic) bond motifs is 3. The van der Waals surface area contributed by atoms with Crippen molar-refractivity contribution in [3.8, 4) is 0 Å².